The number of carbonyl (C=O) groups is 1. The topological polar surface area (TPSA) is 69.6 Å². The third-order valence-electron chi connectivity index (χ3n) is 11.4. The predicted octanol–water partition coefficient (Wildman–Crippen LogP) is 15.7. The first-order valence-electron chi connectivity index (χ1n) is 24.7. The zero-order valence-corrected chi connectivity index (χ0v) is 37.2. The normalized spacial score (nSPS) is 13.2. The maximum Gasteiger partial charge on any atom is 0.220 e. The van der Waals surface area contributed by atoms with Crippen molar-refractivity contribution in [1.29, 1.82) is 0 Å². The number of unbranched alkanes of at least 4 members (excludes halogenated alkanes) is 34. The predicted molar refractivity (Wildman–Crippen MR) is 244 cm³/mol. The lowest BCUT2D eigenvalue weighted by molar-refractivity contribution is -0.123. The Morgan fingerprint density at radius 1 is 0.436 bits per heavy atom. The Kier molecular flexibility index (Phi) is 45.8. The Bertz CT molecular complexity index is 836. The lowest BCUT2D eigenvalue weighted by Gasteiger charge is -2.20. The van der Waals surface area contributed by atoms with Gasteiger partial charge < -0.3 is 15.5 Å². The van der Waals surface area contributed by atoms with Crippen LogP contribution >= 0.6 is 0 Å². The summed E-state index contributed by atoms with van der Waals surface area (Å²) >= 11 is 0. The molecule has 0 saturated carbocycles. The van der Waals surface area contributed by atoms with Crippen LogP contribution in [0.3, 0.4) is 0 Å². The maximum atomic E-state index is 12.4. The number of rotatable bonds is 45. The minimum atomic E-state index is -0.838. The lowest BCUT2D eigenvalue weighted by Crippen LogP contribution is -2.45. The van der Waals surface area contributed by atoms with Crippen LogP contribution in [0.25, 0.3) is 0 Å². The van der Waals surface area contributed by atoms with E-state index in [0.717, 1.165) is 32.1 Å². The summed E-state index contributed by atoms with van der Waals surface area (Å²) in [4.78, 5) is 12.4. The molecule has 4 heteroatoms. The fourth-order valence-electron chi connectivity index (χ4n) is 7.56. The van der Waals surface area contributed by atoms with E-state index in [0.29, 0.717) is 6.42 Å². The first-order valence-corrected chi connectivity index (χ1v) is 24.7. The quantitative estimate of drug-likeness (QED) is 0.0426. The Balaban J connectivity index is 3.49. The number of carbonyl (C=O) groups excluding carboxylic acids is 1. The zero-order chi connectivity index (χ0) is 40.0. The van der Waals surface area contributed by atoms with Crippen molar-refractivity contribution in [3.8, 4) is 0 Å². The summed E-state index contributed by atoms with van der Waals surface area (Å²) in [7, 11) is 0. The van der Waals surface area contributed by atoms with E-state index in [2.05, 4.69) is 43.5 Å². The van der Waals surface area contributed by atoms with Crippen LogP contribution in [-0.4, -0.2) is 34.9 Å². The number of amides is 1. The van der Waals surface area contributed by atoms with Crippen molar-refractivity contribution in [2.24, 2.45) is 0 Å². The third-order valence-corrected chi connectivity index (χ3v) is 11.4. The molecule has 55 heavy (non-hydrogen) atoms. The van der Waals surface area contributed by atoms with Gasteiger partial charge in [0.1, 0.15) is 0 Å². The molecule has 0 bridgehead atoms. The molecular weight excluding hydrogens is 675 g/mol. The van der Waals surface area contributed by atoms with E-state index in [1.165, 1.54) is 212 Å². The second-order valence-electron chi connectivity index (χ2n) is 16.9. The van der Waals surface area contributed by atoms with Gasteiger partial charge in [-0.2, -0.15) is 0 Å². The summed E-state index contributed by atoms with van der Waals surface area (Å²) in [6.45, 7) is 4.32. The zero-order valence-electron chi connectivity index (χ0n) is 37.2. The molecule has 0 radical (unpaired) electrons. The van der Waals surface area contributed by atoms with E-state index in [9.17, 15) is 15.0 Å². The van der Waals surface area contributed by atoms with E-state index in [1.54, 1.807) is 6.08 Å². The molecule has 0 aliphatic carbocycles. The number of hydrogen-bond acceptors (Lipinski definition) is 3. The smallest absolute Gasteiger partial charge is 0.220 e. The molecule has 3 N–H and O–H groups in total. The van der Waals surface area contributed by atoms with E-state index in [4.69, 9.17) is 0 Å². The largest absolute Gasteiger partial charge is 0.394 e. The Hall–Kier alpha value is -1.39. The number of aliphatic hydroxyl groups is 2. The van der Waals surface area contributed by atoms with Gasteiger partial charge >= 0.3 is 0 Å². The van der Waals surface area contributed by atoms with Gasteiger partial charge in [0.15, 0.2) is 0 Å². The van der Waals surface area contributed by atoms with Crippen LogP contribution in [0.2, 0.25) is 0 Å². The van der Waals surface area contributed by atoms with Crippen LogP contribution < -0.4 is 5.32 Å². The fraction of sp³-hybridized carbons (Fsp3) is 0.863. The molecule has 0 spiro atoms. The van der Waals surface area contributed by atoms with Crippen molar-refractivity contribution in [1.82, 2.24) is 5.32 Å². The molecule has 2 atom stereocenters. The summed E-state index contributed by atoms with van der Waals surface area (Å²) < 4.78 is 0. The SMILES string of the molecule is CCCCCCCCCCC/C=C\C/C=C\CCCCCCCCCCCCCCCC(=O)NC(CO)C(O)/C=C/CCCCCCCCCCCCCC. The minimum Gasteiger partial charge on any atom is -0.394 e. The number of nitrogens with one attached hydrogen (secondary N) is 1. The summed E-state index contributed by atoms with van der Waals surface area (Å²) in [6.07, 6.45) is 62.8. The molecule has 0 aliphatic heterocycles. The molecule has 4 nitrogen and oxygen atoms in total. The maximum absolute atomic E-state index is 12.4. The average Bonchev–Trinajstić information content (AvgIpc) is 3.19. The van der Waals surface area contributed by atoms with Crippen LogP contribution in [0, 0.1) is 0 Å². The second-order valence-corrected chi connectivity index (χ2v) is 16.9. The average molecular weight is 772 g/mol. The van der Waals surface area contributed by atoms with Gasteiger partial charge in [0, 0.05) is 6.42 Å². The molecule has 0 fully saturated rings. The lowest BCUT2D eigenvalue weighted by atomic mass is 10.0. The minimum absolute atomic E-state index is 0.0635. The van der Waals surface area contributed by atoms with Crippen LogP contribution in [-0.2, 0) is 4.79 Å². The van der Waals surface area contributed by atoms with Crippen molar-refractivity contribution >= 4 is 5.91 Å². The molecule has 0 aliphatic rings. The van der Waals surface area contributed by atoms with Crippen molar-refractivity contribution < 1.29 is 15.0 Å². The van der Waals surface area contributed by atoms with Crippen LogP contribution in [0.5, 0.6) is 0 Å². The van der Waals surface area contributed by atoms with E-state index < -0.39 is 12.1 Å². The Morgan fingerprint density at radius 3 is 1.09 bits per heavy atom. The van der Waals surface area contributed by atoms with Crippen molar-refractivity contribution in [2.45, 2.75) is 276 Å². The highest BCUT2D eigenvalue weighted by molar-refractivity contribution is 5.76. The fourth-order valence-corrected chi connectivity index (χ4v) is 7.56. The summed E-state index contributed by atoms with van der Waals surface area (Å²) in [5.41, 5.74) is 0. The number of aliphatic hydroxyl groups excluding tert-OH is 2. The molecule has 2 unspecified atom stereocenters. The highest BCUT2D eigenvalue weighted by atomic mass is 16.3. The highest BCUT2D eigenvalue weighted by Gasteiger charge is 2.18. The summed E-state index contributed by atoms with van der Waals surface area (Å²) in [6, 6.07) is -0.621. The van der Waals surface area contributed by atoms with Crippen LogP contribution in [0.4, 0.5) is 0 Å². The van der Waals surface area contributed by atoms with Crippen molar-refractivity contribution in [2.75, 3.05) is 6.61 Å². The second kappa shape index (κ2) is 47.0. The monoisotopic (exact) mass is 772 g/mol. The number of hydrogen-bond donors (Lipinski definition) is 3. The first-order chi connectivity index (χ1) is 27.2. The van der Waals surface area contributed by atoms with Gasteiger partial charge in [-0.1, -0.05) is 243 Å². The summed E-state index contributed by atoms with van der Waals surface area (Å²) in [5, 5.41) is 23.0. The molecule has 1 amide bonds. The molecule has 0 aromatic heterocycles. The van der Waals surface area contributed by atoms with Gasteiger partial charge in [0.2, 0.25) is 5.91 Å². The Morgan fingerprint density at radius 2 is 0.745 bits per heavy atom. The van der Waals surface area contributed by atoms with Crippen LogP contribution in [0.1, 0.15) is 264 Å². The molecule has 0 aromatic carbocycles. The van der Waals surface area contributed by atoms with Gasteiger partial charge in [-0.25, -0.2) is 0 Å². The van der Waals surface area contributed by atoms with Crippen LogP contribution in [0.15, 0.2) is 36.5 Å². The molecular formula is C51H97NO3. The van der Waals surface area contributed by atoms with Gasteiger partial charge in [0.25, 0.3) is 0 Å². The van der Waals surface area contributed by atoms with Gasteiger partial charge in [-0.15, -0.1) is 0 Å². The standard InChI is InChI=1S/C51H97NO3/c1-3-5-7-9-11-13-15-17-19-20-21-22-23-24-25-26-27-28-29-30-31-32-33-35-37-39-41-43-45-47-51(55)52-49(48-53)50(54)46-44-42-40-38-36-34-18-16-14-12-10-8-6-4-2/h21-22,24-25,44,46,49-50,53-54H,3-20,23,26-43,45,47-48H2,1-2H3,(H,52,55)/b22-21-,25-24-,46-44+. The first kappa shape index (κ1) is 53.6. The molecule has 324 valence electrons. The molecule has 0 heterocycles. The van der Waals surface area contributed by atoms with E-state index >= 15 is 0 Å². The van der Waals surface area contributed by atoms with Crippen molar-refractivity contribution in [3.63, 3.8) is 0 Å². The van der Waals surface area contributed by atoms with Crippen molar-refractivity contribution in [3.05, 3.63) is 36.5 Å². The van der Waals surface area contributed by atoms with E-state index in [1.807, 2.05) is 6.08 Å². The number of allylic oxidation sites excluding steroid dienone is 5. The van der Waals surface area contributed by atoms with Gasteiger partial charge in [-0.05, 0) is 51.4 Å². The molecule has 0 saturated heterocycles. The highest BCUT2D eigenvalue weighted by Crippen LogP contribution is 2.16. The van der Waals surface area contributed by atoms with E-state index in [-0.39, 0.29) is 12.5 Å². The summed E-state index contributed by atoms with van der Waals surface area (Å²) in [5.74, 6) is -0.0635. The third kappa shape index (κ3) is 43.6. The molecule has 0 rings (SSSR count). The Labute approximate surface area is 344 Å². The van der Waals surface area contributed by atoms with Gasteiger partial charge in [0.05, 0.1) is 18.8 Å². The van der Waals surface area contributed by atoms with Gasteiger partial charge in [-0.3, -0.25) is 4.79 Å². The molecule has 0 aromatic rings.